The van der Waals surface area contributed by atoms with Crippen LogP contribution in [0.2, 0.25) is 0 Å². The monoisotopic (exact) mass is 370 g/mol. The molecule has 1 aliphatic rings. The second-order valence-corrected chi connectivity index (χ2v) is 7.00. The molecule has 1 fully saturated rings. The Kier molecular flexibility index (Phi) is 6.05. The van der Waals surface area contributed by atoms with E-state index in [0.29, 0.717) is 6.54 Å². The number of urea groups is 1. The Morgan fingerprint density at radius 2 is 2.04 bits per heavy atom. The van der Waals surface area contributed by atoms with Gasteiger partial charge in [0.1, 0.15) is 5.82 Å². The molecule has 8 nitrogen and oxygen atoms in total. The third-order valence-corrected chi connectivity index (χ3v) is 4.79. The fourth-order valence-corrected chi connectivity index (χ4v) is 3.33. The van der Waals surface area contributed by atoms with Gasteiger partial charge in [-0.05, 0) is 30.5 Å². The van der Waals surface area contributed by atoms with Gasteiger partial charge in [-0.15, -0.1) is 0 Å². The van der Waals surface area contributed by atoms with E-state index in [-0.39, 0.29) is 24.4 Å². The molecule has 1 unspecified atom stereocenters. The maximum Gasteiger partial charge on any atom is 0.317 e. The summed E-state index contributed by atoms with van der Waals surface area (Å²) in [5.74, 6) is 1.15. The van der Waals surface area contributed by atoms with Crippen molar-refractivity contribution in [1.29, 1.82) is 0 Å². The van der Waals surface area contributed by atoms with E-state index < -0.39 is 0 Å². The number of hydrogen-bond donors (Lipinski definition) is 1. The highest BCUT2D eigenvalue weighted by Gasteiger charge is 2.27. The Morgan fingerprint density at radius 1 is 1.26 bits per heavy atom. The van der Waals surface area contributed by atoms with Crippen molar-refractivity contribution in [2.45, 2.75) is 25.3 Å². The molecular formula is C19H26N6O2. The first kappa shape index (κ1) is 18.9. The lowest BCUT2D eigenvalue weighted by Gasteiger charge is -2.33. The first-order valence-electron chi connectivity index (χ1n) is 9.17. The van der Waals surface area contributed by atoms with E-state index in [4.69, 9.17) is 0 Å². The Labute approximate surface area is 159 Å². The number of nitrogens with zero attached hydrogens (tertiary/aromatic N) is 5. The number of rotatable bonds is 5. The number of pyridine rings is 1. The van der Waals surface area contributed by atoms with Gasteiger partial charge in [-0.3, -0.25) is 9.78 Å². The highest BCUT2D eigenvalue weighted by atomic mass is 16.2. The summed E-state index contributed by atoms with van der Waals surface area (Å²) in [5.41, 5.74) is 1.17. The van der Waals surface area contributed by atoms with Crippen molar-refractivity contribution in [1.82, 2.24) is 29.7 Å². The average Bonchev–Trinajstić information content (AvgIpc) is 3.14. The van der Waals surface area contributed by atoms with Crippen LogP contribution < -0.4 is 5.32 Å². The quantitative estimate of drug-likeness (QED) is 0.860. The molecule has 0 aliphatic carbocycles. The number of amides is 3. The molecular weight excluding hydrogens is 344 g/mol. The first-order chi connectivity index (χ1) is 13.0. The molecule has 0 radical (unpaired) electrons. The van der Waals surface area contributed by atoms with E-state index in [0.717, 1.165) is 31.8 Å². The van der Waals surface area contributed by atoms with Crippen molar-refractivity contribution in [3.05, 3.63) is 48.3 Å². The number of carbonyl (C=O) groups excluding carboxylic acids is 2. The van der Waals surface area contributed by atoms with Gasteiger partial charge in [0.15, 0.2) is 0 Å². The van der Waals surface area contributed by atoms with Gasteiger partial charge in [0.25, 0.3) is 0 Å². The minimum atomic E-state index is -0.259. The Morgan fingerprint density at radius 3 is 2.78 bits per heavy atom. The number of carbonyl (C=O) groups is 2. The average molecular weight is 370 g/mol. The van der Waals surface area contributed by atoms with Gasteiger partial charge in [0, 0.05) is 64.4 Å². The molecule has 1 aliphatic heterocycles. The predicted octanol–water partition coefficient (Wildman–Crippen LogP) is 1.30. The normalized spacial score (nSPS) is 16.8. The number of likely N-dealkylation sites (tertiary alicyclic amines) is 1. The molecule has 0 bridgehead atoms. The second kappa shape index (κ2) is 8.66. The zero-order valence-corrected chi connectivity index (χ0v) is 15.8. The van der Waals surface area contributed by atoms with Crippen molar-refractivity contribution in [2.24, 2.45) is 0 Å². The molecule has 3 heterocycles. The van der Waals surface area contributed by atoms with Gasteiger partial charge in [0.05, 0.1) is 6.54 Å². The lowest BCUT2D eigenvalue weighted by Crippen LogP contribution is -2.46. The van der Waals surface area contributed by atoms with Crippen molar-refractivity contribution in [3.63, 3.8) is 0 Å². The van der Waals surface area contributed by atoms with Crippen molar-refractivity contribution < 1.29 is 9.59 Å². The number of piperidine rings is 1. The lowest BCUT2D eigenvalue weighted by atomic mass is 9.97. The van der Waals surface area contributed by atoms with Crippen LogP contribution in [0.5, 0.6) is 0 Å². The van der Waals surface area contributed by atoms with Crippen LogP contribution in [0.1, 0.15) is 30.1 Å². The topological polar surface area (TPSA) is 83.4 Å². The molecule has 2 aromatic rings. The largest absolute Gasteiger partial charge is 0.340 e. The molecule has 0 spiro atoms. The fourth-order valence-electron chi connectivity index (χ4n) is 3.33. The highest BCUT2D eigenvalue weighted by molar-refractivity contribution is 5.83. The van der Waals surface area contributed by atoms with Crippen LogP contribution in [0.25, 0.3) is 0 Å². The molecule has 0 aromatic carbocycles. The molecule has 2 aromatic heterocycles. The zero-order chi connectivity index (χ0) is 19.2. The molecule has 0 saturated carbocycles. The van der Waals surface area contributed by atoms with Gasteiger partial charge in [0.2, 0.25) is 5.91 Å². The molecule has 3 rings (SSSR count). The summed E-state index contributed by atoms with van der Waals surface area (Å²) in [7, 11) is 3.30. The van der Waals surface area contributed by atoms with E-state index in [9.17, 15) is 9.59 Å². The Hall–Kier alpha value is -2.90. The standard InChI is InChI=1S/C19H26N6O2/c1-23(2)19(27)22-12-17(26)24-10-3-4-16(14-24)18-21-9-11-25(18)13-15-5-7-20-8-6-15/h5-9,11,16H,3-4,10,12-14H2,1-2H3,(H,22,27). The van der Waals surface area contributed by atoms with Gasteiger partial charge >= 0.3 is 6.03 Å². The van der Waals surface area contributed by atoms with Crippen LogP contribution in [0.3, 0.4) is 0 Å². The van der Waals surface area contributed by atoms with E-state index in [1.54, 1.807) is 26.5 Å². The van der Waals surface area contributed by atoms with Crippen LogP contribution in [0.15, 0.2) is 36.9 Å². The van der Waals surface area contributed by atoms with Crippen LogP contribution >= 0.6 is 0 Å². The van der Waals surface area contributed by atoms with E-state index >= 15 is 0 Å². The van der Waals surface area contributed by atoms with Crippen LogP contribution in [-0.4, -0.2) is 70.0 Å². The predicted molar refractivity (Wildman–Crippen MR) is 101 cm³/mol. The molecule has 1 N–H and O–H groups in total. The summed E-state index contributed by atoms with van der Waals surface area (Å²) in [4.78, 5) is 36.0. The number of nitrogens with one attached hydrogen (secondary N) is 1. The first-order valence-corrected chi connectivity index (χ1v) is 9.17. The Bertz CT molecular complexity index is 774. The molecule has 8 heteroatoms. The molecule has 1 atom stereocenters. The third kappa shape index (κ3) is 4.84. The van der Waals surface area contributed by atoms with Crippen LogP contribution in [0.4, 0.5) is 4.79 Å². The Balaban J connectivity index is 1.62. The second-order valence-electron chi connectivity index (χ2n) is 7.00. The minimum absolute atomic E-state index is 0.0230. The summed E-state index contributed by atoms with van der Waals surface area (Å²) in [6.45, 7) is 2.11. The third-order valence-electron chi connectivity index (χ3n) is 4.79. The van der Waals surface area contributed by atoms with E-state index in [1.165, 1.54) is 10.5 Å². The summed E-state index contributed by atoms with van der Waals surface area (Å²) < 4.78 is 2.14. The van der Waals surface area contributed by atoms with Gasteiger partial charge < -0.3 is 19.7 Å². The minimum Gasteiger partial charge on any atom is -0.340 e. The van der Waals surface area contributed by atoms with Gasteiger partial charge in [-0.1, -0.05) is 0 Å². The van der Waals surface area contributed by atoms with Crippen LogP contribution in [0, 0.1) is 0 Å². The number of aromatic nitrogens is 3. The zero-order valence-electron chi connectivity index (χ0n) is 15.8. The molecule has 1 saturated heterocycles. The summed E-state index contributed by atoms with van der Waals surface area (Å²) in [6.07, 6.45) is 9.30. The summed E-state index contributed by atoms with van der Waals surface area (Å²) in [5, 5.41) is 2.64. The van der Waals surface area contributed by atoms with Gasteiger partial charge in [-0.2, -0.15) is 0 Å². The van der Waals surface area contributed by atoms with E-state index in [1.807, 2.05) is 29.4 Å². The lowest BCUT2D eigenvalue weighted by molar-refractivity contribution is -0.131. The van der Waals surface area contributed by atoms with Gasteiger partial charge in [-0.25, -0.2) is 9.78 Å². The van der Waals surface area contributed by atoms with Crippen LogP contribution in [-0.2, 0) is 11.3 Å². The maximum atomic E-state index is 12.5. The highest BCUT2D eigenvalue weighted by Crippen LogP contribution is 2.26. The summed E-state index contributed by atoms with van der Waals surface area (Å²) in [6, 6.07) is 3.73. The fraction of sp³-hybridized carbons (Fsp3) is 0.474. The number of hydrogen-bond acceptors (Lipinski definition) is 4. The smallest absolute Gasteiger partial charge is 0.317 e. The maximum absolute atomic E-state index is 12.5. The number of imidazole rings is 1. The van der Waals surface area contributed by atoms with Crippen molar-refractivity contribution >= 4 is 11.9 Å². The summed E-state index contributed by atoms with van der Waals surface area (Å²) >= 11 is 0. The van der Waals surface area contributed by atoms with E-state index in [2.05, 4.69) is 19.9 Å². The SMILES string of the molecule is CN(C)C(=O)NCC(=O)N1CCCC(c2nccn2Cc2ccncc2)C1. The van der Waals surface area contributed by atoms with Crippen molar-refractivity contribution in [2.75, 3.05) is 33.7 Å². The van der Waals surface area contributed by atoms with Crippen molar-refractivity contribution in [3.8, 4) is 0 Å². The molecule has 27 heavy (non-hydrogen) atoms. The molecule has 3 amide bonds. The molecule has 144 valence electrons.